The topological polar surface area (TPSA) is 82.8 Å². The van der Waals surface area contributed by atoms with Gasteiger partial charge in [0.1, 0.15) is 17.6 Å². The first-order valence-corrected chi connectivity index (χ1v) is 10.4. The Bertz CT molecular complexity index is 1080. The Kier molecular flexibility index (Phi) is 8.11. The van der Waals surface area contributed by atoms with Gasteiger partial charge in [-0.3, -0.25) is 15.4 Å². The van der Waals surface area contributed by atoms with Gasteiger partial charge < -0.3 is 31.2 Å². The smallest absolute Gasteiger partial charge is 0.356 e. The van der Waals surface area contributed by atoms with E-state index in [1.807, 2.05) is 28.8 Å². The number of hydrogen-bond acceptors (Lipinski definition) is 6. The van der Waals surface area contributed by atoms with Crippen LogP contribution in [0.2, 0.25) is 0 Å². The van der Waals surface area contributed by atoms with Gasteiger partial charge in [0.25, 0.3) is 0 Å². The highest BCUT2D eigenvalue weighted by atomic mass is 79.9. The molecule has 2 N–H and O–H groups in total. The fourth-order valence-electron chi connectivity index (χ4n) is 4.03. The third-order valence-electron chi connectivity index (χ3n) is 5.77. The lowest BCUT2D eigenvalue weighted by Crippen LogP contribution is -3.00. The van der Waals surface area contributed by atoms with Crippen LogP contribution in [0.25, 0.3) is 11.0 Å². The number of carbonyl (C=O) groups is 1. The quantitative estimate of drug-likeness (QED) is 0.305. The number of morpholine rings is 1. The monoisotopic (exact) mass is 504 g/mol. The van der Waals surface area contributed by atoms with Crippen LogP contribution in [-0.4, -0.2) is 62.3 Å². The number of hydrogen-bond donors (Lipinski definition) is 1. The summed E-state index contributed by atoms with van der Waals surface area (Å²) in [6.45, 7) is 5.17. The van der Waals surface area contributed by atoms with E-state index in [2.05, 4.69) is 9.47 Å². The summed E-state index contributed by atoms with van der Waals surface area (Å²) in [5, 5.41) is 0. The summed E-state index contributed by atoms with van der Waals surface area (Å²) < 4.78 is 20.0. The van der Waals surface area contributed by atoms with Crippen LogP contribution < -0.4 is 36.8 Å². The fraction of sp³-hybridized carbons (Fsp3) is 0.391. The minimum Gasteiger partial charge on any atom is -1.00 e. The van der Waals surface area contributed by atoms with Crippen molar-refractivity contribution in [2.24, 2.45) is 0 Å². The van der Waals surface area contributed by atoms with E-state index in [4.69, 9.17) is 19.9 Å². The Hall–Kier alpha value is -2.62. The molecule has 0 aliphatic carbocycles. The van der Waals surface area contributed by atoms with Crippen LogP contribution in [0.3, 0.4) is 0 Å². The Morgan fingerprint density at radius 2 is 1.78 bits per heavy atom. The van der Waals surface area contributed by atoms with Crippen LogP contribution in [0, 0.1) is 0 Å². The van der Waals surface area contributed by atoms with E-state index in [1.165, 1.54) is 0 Å². The first-order valence-electron chi connectivity index (χ1n) is 10.4. The summed E-state index contributed by atoms with van der Waals surface area (Å²) in [6, 6.07) is 13.2. The molecule has 0 bridgehead atoms. The van der Waals surface area contributed by atoms with Crippen LogP contribution in [0.5, 0.6) is 11.5 Å². The van der Waals surface area contributed by atoms with Crippen molar-refractivity contribution < 1.29 is 40.6 Å². The highest BCUT2D eigenvalue weighted by molar-refractivity contribution is 5.96. The van der Waals surface area contributed by atoms with E-state index in [-0.39, 0.29) is 29.3 Å². The number of methoxy groups -OCH3 is 2. The molecule has 0 unspecified atom stereocenters. The molecule has 32 heavy (non-hydrogen) atoms. The molecule has 0 spiro atoms. The van der Waals surface area contributed by atoms with Crippen molar-refractivity contribution in [1.82, 2.24) is 9.47 Å². The summed E-state index contributed by atoms with van der Waals surface area (Å²) in [4.78, 5) is 15.5. The molecule has 1 fully saturated rings. The summed E-state index contributed by atoms with van der Waals surface area (Å²) in [7, 11) is 3.13. The number of anilines is 1. The molecule has 4 rings (SSSR count). The number of ketones is 1. The first-order chi connectivity index (χ1) is 15.1. The van der Waals surface area contributed by atoms with Gasteiger partial charge in [0.2, 0.25) is 0 Å². The number of nitrogens with zero attached hydrogens (tertiary/aromatic N) is 3. The predicted octanol–water partition coefficient (Wildman–Crippen LogP) is -1.25. The van der Waals surface area contributed by atoms with Gasteiger partial charge in [0, 0.05) is 25.2 Å². The van der Waals surface area contributed by atoms with Crippen molar-refractivity contribution in [1.29, 1.82) is 0 Å². The summed E-state index contributed by atoms with van der Waals surface area (Å²) in [6.07, 6.45) is 0. The van der Waals surface area contributed by atoms with Gasteiger partial charge in [-0.05, 0) is 30.3 Å². The minimum absolute atomic E-state index is 0. The Morgan fingerprint density at radius 1 is 1.06 bits per heavy atom. The fourth-order valence-corrected chi connectivity index (χ4v) is 4.03. The van der Waals surface area contributed by atoms with E-state index in [9.17, 15) is 4.79 Å². The van der Waals surface area contributed by atoms with Crippen molar-refractivity contribution in [2.45, 2.75) is 13.1 Å². The van der Waals surface area contributed by atoms with Gasteiger partial charge in [0.05, 0.1) is 34.0 Å². The third-order valence-corrected chi connectivity index (χ3v) is 5.77. The molecule has 0 saturated carbocycles. The number of para-hydroxylation sites is 2. The number of rotatable bonds is 8. The molecule has 1 saturated heterocycles. The number of nitrogens with two attached hydrogens (primary N) is 1. The summed E-state index contributed by atoms with van der Waals surface area (Å²) in [5.41, 5.74) is 9.06. The largest absolute Gasteiger partial charge is 1.00 e. The number of nitrogen functional groups attached to an aromatic ring is 1. The molecule has 0 radical (unpaired) electrons. The van der Waals surface area contributed by atoms with Gasteiger partial charge in [-0.2, -0.15) is 0 Å². The lowest BCUT2D eigenvalue weighted by atomic mass is 10.1. The Morgan fingerprint density at radius 3 is 2.50 bits per heavy atom. The second-order valence-electron chi connectivity index (χ2n) is 7.53. The molecule has 8 nitrogen and oxygen atoms in total. The van der Waals surface area contributed by atoms with Crippen LogP contribution in [0.4, 0.5) is 5.95 Å². The molecule has 3 aromatic rings. The van der Waals surface area contributed by atoms with E-state index in [0.717, 1.165) is 50.4 Å². The first kappa shape index (κ1) is 24.0. The van der Waals surface area contributed by atoms with Crippen molar-refractivity contribution in [3.05, 3.63) is 48.0 Å². The molecule has 9 heteroatoms. The van der Waals surface area contributed by atoms with E-state index in [0.29, 0.717) is 23.0 Å². The zero-order valence-electron chi connectivity index (χ0n) is 18.4. The SMILES string of the molecule is COc1ccc(C(=O)C[n+]2c(N)n(CCN3CCOCC3)c3ccccc32)cc1OC.[Br-]. The van der Waals surface area contributed by atoms with Gasteiger partial charge in [-0.25, -0.2) is 9.13 Å². The highest BCUT2D eigenvalue weighted by Gasteiger charge is 2.24. The summed E-state index contributed by atoms with van der Waals surface area (Å²) >= 11 is 0. The maximum Gasteiger partial charge on any atom is 0.356 e. The number of ether oxygens (including phenoxy) is 3. The number of carbonyl (C=O) groups excluding carboxylic acids is 1. The van der Waals surface area contributed by atoms with E-state index >= 15 is 0 Å². The number of Topliss-reactive ketones (excluding diaryl/α,β-unsaturated/α-hetero) is 1. The second-order valence-corrected chi connectivity index (χ2v) is 7.53. The molecule has 2 aromatic carbocycles. The van der Waals surface area contributed by atoms with Crippen LogP contribution in [0.1, 0.15) is 10.4 Å². The predicted molar refractivity (Wildman–Crippen MR) is 118 cm³/mol. The maximum absolute atomic E-state index is 13.1. The number of halogens is 1. The van der Waals surface area contributed by atoms with Crippen molar-refractivity contribution in [2.75, 3.05) is 52.8 Å². The molecule has 1 aromatic heterocycles. The Labute approximate surface area is 198 Å². The van der Waals surface area contributed by atoms with Gasteiger partial charge in [-0.15, -0.1) is 0 Å². The van der Waals surface area contributed by atoms with E-state index in [1.54, 1.807) is 32.4 Å². The van der Waals surface area contributed by atoms with E-state index < -0.39 is 0 Å². The average molecular weight is 505 g/mol. The maximum atomic E-state index is 13.1. The zero-order valence-corrected chi connectivity index (χ0v) is 20.0. The van der Waals surface area contributed by atoms with Crippen LogP contribution >= 0.6 is 0 Å². The van der Waals surface area contributed by atoms with Crippen molar-refractivity contribution in [3.8, 4) is 11.5 Å². The molecule has 0 amide bonds. The number of fused-ring (bicyclic) bond motifs is 1. The lowest BCUT2D eigenvalue weighted by molar-refractivity contribution is -0.642. The van der Waals surface area contributed by atoms with Gasteiger partial charge in [0.15, 0.2) is 17.3 Å². The molecule has 1 aliphatic rings. The highest BCUT2D eigenvalue weighted by Crippen LogP contribution is 2.28. The molecule has 1 aliphatic heterocycles. The molecular formula is C23H29BrN4O4. The lowest BCUT2D eigenvalue weighted by Gasteiger charge is -2.25. The number of benzene rings is 2. The zero-order chi connectivity index (χ0) is 21.8. The third kappa shape index (κ3) is 4.90. The second kappa shape index (κ2) is 10.8. The van der Waals surface area contributed by atoms with Gasteiger partial charge in [-0.1, -0.05) is 12.1 Å². The number of imidazole rings is 1. The summed E-state index contributed by atoms with van der Waals surface area (Å²) in [5.74, 6) is 1.64. The Balaban J connectivity index is 0.00000289. The molecular weight excluding hydrogens is 476 g/mol. The minimum atomic E-state index is -0.0475. The van der Waals surface area contributed by atoms with Crippen LogP contribution in [0.15, 0.2) is 42.5 Å². The normalized spacial score (nSPS) is 14.2. The average Bonchev–Trinajstić information content (AvgIpc) is 3.08. The van der Waals surface area contributed by atoms with Gasteiger partial charge >= 0.3 is 5.95 Å². The van der Waals surface area contributed by atoms with Crippen molar-refractivity contribution in [3.63, 3.8) is 0 Å². The van der Waals surface area contributed by atoms with Crippen molar-refractivity contribution >= 4 is 22.8 Å². The molecule has 2 heterocycles. The number of aromatic nitrogens is 2. The van der Waals surface area contributed by atoms with Crippen LogP contribution in [-0.2, 0) is 17.8 Å². The molecule has 172 valence electrons. The standard InChI is InChI=1S/C23H28N4O4.BrH/c1-29-21-8-7-17(15-22(21)30-2)20(28)16-27-19-6-4-3-5-18(19)26(23(27)24)10-9-25-11-13-31-14-12-25;/h3-8,15,24H,9-14,16H2,1-2H3;1H. The molecule has 0 atom stereocenters.